The summed E-state index contributed by atoms with van der Waals surface area (Å²) in [7, 11) is 0. The third kappa shape index (κ3) is 4.30. The second-order valence-electron chi connectivity index (χ2n) is 6.15. The highest BCUT2D eigenvalue weighted by atomic mass is 16.5. The molecule has 0 saturated heterocycles. The van der Waals surface area contributed by atoms with E-state index in [1.54, 1.807) is 24.3 Å². The van der Waals surface area contributed by atoms with Crippen LogP contribution >= 0.6 is 0 Å². The Labute approximate surface area is 152 Å². The molecule has 2 N–H and O–H groups in total. The van der Waals surface area contributed by atoms with Crippen molar-refractivity contribution >= 4 is 28.5 Å². The predicted molar refractivity (Wildman–Crippen MR) is 102 cm³/mol. The van der Waals surface area contributed by atoms with Crippen LogP contribution in [0.2, 0.25) is 0 Å². The van der Waals surface area contributed by atoms with Crippen LogP contribution < -0.4 is 5.32 Å². The number of hydrogen-bond donors (Lipinski definition) is 2. The highest BCUT2D eigenvalue weighted by Crippen LogP contribution is 2.19. The lowest BCUT2D eigenvalue weighted by Gasteiger charge is -2.07. The maximum Gasteiger partial charge on any atom is 0.338 e. The molecular formula is C21H22N2O3. The van der Waals surface area contributed by atoms with Crippen molar-refractivity contribution in [1.82, 2.24) is 4.98 Å². The largest absolute Gasteiger partial charge is 0.462 e. The molecule has 0 radical (unpaired) electrons. The number of unbranched alkanes of at least 4 members (excludes halogenated alkanes) is 1. The summed E-state index contributed by atoms with van der Waals surface area (Å²) in [6, 6.07) is 14.6. The molecule has 0 spiro atoms. The zero-order chi connectivity index (χ0) is 18.4. The maximum absolute atomic E-state index is 12.3. The van der Waals surface area contributed by atoms with E-state index in [0.29, 0.717) is 17.9 Å². The van der Waals surface area contributed by atoms with Gasteiger partial charge in [-0.1, -0.05) is 31.5 Å². The number of rotatable bonds is 7. The van der Waals surface area contributed by atoms with Crippen molar-refractivity contribution < 1.29 is 14.3 Å². The highest BCUT2D eigenvalue weighted by molar-refractivity contribution is 5.96. The third-order valence-corrected chi connectivity index (χ3v) is 4.16. The van der Waals surface area contributed by atoms with Gasteiger partial charge in [0.25, 0.3) is 0 Å². The van der Waals surface area contributed by atoms with Gasteiger partial charge in [0, 0.05) is 22.8 Å². The van der Waals surface area contributed by atoms with E-state index in [0.717, 1.165) is 29.3 Å². The molecule has 5 heteroatoms. The first-order chi connectivity index (χ1) is 12.7. The Bertz CT molecular complexity index is 897. The van der Waals surface area contributed by atoms with Gasteiger partial charge in [-0.3, -0.25) is 4.79 Å². The number of aromatic nitrogens is 1. The summed E-state index contributed by atoms with van der Waals surface area (Å²) < 4.78 is 5.17. The number of aromatic amines is 1. The number of para-hydroxylation sites is 1. The number of carbonyl (C=O) groups is 2. The molecule has 1 heterocycles. The van der Waals surface area contributed by atoms with Crippen molar-refractivity contribution in [2.24, 2.45) is 0 Å². The Morgan fingerprint density at radius 1 is 1.08 bits per heavy atom. The first-order valence-corrected chi connectivity index (χ1v) is 8.79. The number of benzene rings is 2. The summed E-state index contributed by atoms with van der Waals surface area (Å²) in [4.78, 5) is 27.3. The monoisotopic (exact) mass is 350 g/mol. The molecule has 3 aromatic rings. The topological polar surface area (TPSA) is 71.2 Å². The van der Waals surface area contributed by atoms with Crippen molar-refractivity contribution in [3.63, 3.8) is 0 Å². The van der Waals surface area contributed by atoms with Gasteiger partial charge in [0.15, 0.2) is 0 Å². The molecule has 2 aromatic carbocycles. The van der Waals surface area contributed by atoms with Crippen LogP contribution in [0.25, 0.3) is 10.9 Å². The summed E-state index contributed by atoms with van der Waals surface area (Å²) in [5, 5.41) is 3.91. The summed E-state index contributed by atoms with van der Waals surface area (Å²) in [5.74, 6) is -0.442. The van der Waals surface area contributed by atoms with Crippen LogP contribution in [0.15, 0.2) is 54.7 Å². The second kappa shape index (κ2) is 8.34. The number of esters is 1. The SMILES string of the molecule is CCCCOC(=O)c1ccc(NC(=O)Cc2c[nH]c3ccccc23)cc1. The smallest absolute Gasteiger partial charge is 0.338 e. The lowest BCUT2D eigenvalue weighted by Crippen LogP contribution is -2.14. The lowest BCUT2D eigenvalue weighted by molar-refractivity contribution is -0.115. The molecule has 0 aliphatic heterocycles. The zero-order valence-corrected chi connectivity index (χ0v) is 14.7. The number of hydrogen-bond acceptors (Lipinski definition) is 3. The van der Waals surface area contributed by atoms with Gasteiger partial charge in [0.1, 0.15) is 0 Å². The Balaban J connectivity index is 1.58. The Kier molecular flexibility index (Phi) is 5.69. The summed E-state index contributed by atoms with van der Waals surface area (Å²) in [6.07, 6.45) is 3.98. The number of anilines is 1. The zero-order valence-electron chi connectivity index (χ0n) is 14.7. The van der Waals surface area contributed by atoms with E-state index in [-0.39, 0.29) is 18.3 Å². The number of H-pyrrole nitrogens is 1. The van der Waals surface area contributed by atoms with E-state index < -0.39 is 0 Å². The van der Waals surface area contributed by atoms with Crippen LogP contribution in [0, 0.1) is 0 Å². The molecular weight excluding hydrogens is 328 g/mol. The fourth-order valence-corrected chi connectivity index (χ4v) is 2.74. The van der Waals surface area contributed by atoms with E-state index in [1.807, 2.05) is 37.4 Å². The van der Waals surface area contributed by atoms with Gasteiger partial charge in [0.05, 0.1) is 18.6 Å². The van der Waals surface area contributed by atoms with Gasteiger partial charge in [-0.05, 0) is 42.3 Å². The van der Waals surface area contributed by atoms with Crippen molar-refractivity contribution in [3.8, 4) is 0 Å². The number of carbonyl (C=O) groups excluding carboxylic acids is 2. The molecule has 1 amide bonds. The summed E-state index contributed by atoms with van der Waals surface area (Å²) in [6.45, 7) is 2.47. The molecule has 5 nitrogen and oxygen atoms in total. The second-order valence-corrected chi connectivity index (χ2v) is 6.15. The molecule has 0 fully saturated rings. The summed E-state index contributed by atoms with van der Waals surface area (Å²) in [5.41, 5.74) is 3.10. The first kappa shape index (κ1) is 17.7. The average molecular weight is 350 g/mol. The molecule has 0 aliphatic carbocycles. The Morgan fingerprint density at radius 2 is 1.85 bits per heavy atom. The highest BCUT2D eigenvalue weighted by Gasteiger charge is 2.10. The lowest BCUT2D eigenvalue weighted by atomic mass is 10.1. The van der Waals surface area contributed by atoms with Crippen LogP contribution in [0.4, 0.5) is 5.69 Å². The van der Waals surface area contributed by atoms with E-state index in [2.05, 4.69) is 10.3 Å². The van der Waals surface area contributed by atoms with Crippen LogP contribution in [-0.2, 0) is 16.0 Å². The molecule has 0 unspecified atom stereocenters. The van der Waals surface area contributed by atoms with Crippen LogP contribution in [-0.4, -0.2) is 23.5 Å². The Hall–Kier alpha value is -3.08. The van der Waals surface area contributed by atoms with Crippen molar-refractivity contribution in [1.29, 1.82) is 0 Å². The standard InChI is InChI=1S/C21H22N2O3/c1-2-3-12-26-21(25)15-8-10-17(11-9-15)23-20(24)13-16-14-22-19-7-5-4-6-18(16)19/h4-11,14,22H,2-3,12-13H2,1H3,(H,23,24). The van der Waals surface area contributed by atoms with Gasteiger partial charge >= 0.3 is 5.97 Å². The fraction of sp³-hybridized carbons (Fsp3) is 0.238. The van der Waals surface area contributed by atoms with Gasteiger partial charge in [-0.2, -0.15) is 0 Å². The van der Waals surface area contributed by atoms with Gasteiger partial charge < -0.3 is 15.0 Å². The van der Waals surface area contributed by atoms with Crippen molar-refractivity contribution in [2.45, 2.75) is 26.2 Å². The summed E-state index contributed by atoms with van der Waals surface area (Å²) >= 11 is 0. The molecule has 0 saturated carbocycles. The normalized spacial score (nSPS) is 10.7. The number of fused-ring (bicyclic) bond motifs is 1. The minimum Gasteiger partial charge on any atom is -0.462 e. The number of nitrogens with one attached hydrogen (secondary N) is 2. The molecule has 1 aromatic heterocycles. The molecule has 3 rings (SSSR count). The minimum atomic E-state index is -0.338. The van der Waals surface area contributed by atoms with E-state index in [4.69, 9.17) is 4.74 Å². The molecule has 0 atom stereocenters. The maximum atomic E-state index is 12.3. The van der Waals surface area contributed by atoms with Gasteiger partial charge in [0.2, 0.25) is 5.91 Å². The number of ether oxygens (including phenoxy) is 1. The molecule has 0 bridgehead atoms. The Morgan fingerprint density at radius 3 is 2.62 bits per heavy atom. The quantitative estimate of drug-likeness (QED) is 0.493. The van der Waals surface area contributed by atoms with Crippen LogP contribution in [0.1, 0.15) is 35.7 Å². The molecule has 134 valence electrons. The van der Waals surface area contributed by atoms with Crippen molar-refractivity contribution in [2.75, 3.05) is 11.9 Å². The van der Waals surface area contributed by atoms with Crippen LogP contribution in [0.5, 0.6) is 0 Å². The van der Waals surface area contributed by atoms with E-state index in [1.165, 1.54) is 0 Å². The third-order valence-electron chi connectivity index (χ3n) is 4.16. The first-order valence-electron chi connectivity index (χ1n) is 8.79. The number of amides is 1. The van der Waals surface area contributed by atoms with Gasteiger partial charge in [-0.25, -0.2) is 4.79 Å². The predicted octanol–water partition coefficient (Wildman–Crippen LogP) is 4.31. The van der Waals surface area contributed by atoms with Crippen LogP contribution in [0.3, 0.4) is 0 Å². The van der Waals surface area contributed by atoms with Gasteiger partial charge in [-0.15, -0.1) is 0 Å². The molecule has 26 heavy (non-hydrogen) atoms. The van der Waals surface area contributed by atoms with E-state index in [9.17, 15) is 9.59 Å². The van der Waals surface area contributed by atoms with E-state index >= 15 is 0 Å². The van der Waals surface area contributed by atoms with Crippen molar-refractivity contribution in [3.05, 3.63) is 65.9 Å². The minimum absolute atomic E-state index is 0.104. The fourth-order valence-electron chi connectivity index (χ4n) is 2.74. The molecule has 0 aliphatic rings. The average Bonchev–Trinajstić information content (AvgIpc) is 3.05.